The maximum atomic E-state index is 11.9. The molecule has 2 rings (SSSR count). The normalized spacial score (nSPS) is 17.3. The van der Waals surface area contributed by atoms with Crippen molar-refractivity contribution in [2.45, 2.75) is 25.3 Å². The van der Waals surface area contributed by atoms with Crippen LogP contribution >= 0.6 is 0 Å². The summed E-state index contributed by atoms with van der Waals surface area (Å²) in [6.45, 7) is 0.234. The maximum absolute atomic E-state index is 11.9. The Morgan fingerprint density at radius 1 is 1.32 bits per heavy atom. The van der Waals surface area contributed by atoms with Gasteiger partial charge in [0, 0.05) is 13.2 Å². The molecule has 106 valence electrons. The van der Waals surface area contributed by atoms with Crippen LogP contribution in [0.15, 0.2) is 30.3 Å². The molecule has 1 saturated carbocycles. The average molecular weight is 283 g/mol. The Hall–Kier alpha value is -0.910. The molecular formula is C14H21NO3S. The fourth-order valence-electron chi connectivity index (χ4n) is 2.15. The summed E-state index contributed by atoms with van der Waals surface area (Å²) in [6.07, 6.45) is 2.99. The average Bonchev–Trinajstić information content (AvgIpc) is 3.21. The fraction of sp³-hybridized carbons (Fsp3) is 0.571. The van der Waals surface area contributed by atoms with E-state index < -0.39 is 10.0 Å². The highest BCUT2D eigenvalue weighted by molar-refractivity contribution is 7.89. The van der Waals surface area contributed by atoms with Crippen molar-refractivity contribution in [1.82, 2.24) is 4.72 Å². The monoisotopic (exact) mass is 283 g/mol. The van der Waals surface area contributed by atoms with Crippen LogP contribution in [0.4, 0.5) is 0 Å². The number of hydrogen-bond acceptors (Lipinski definition) is 3. The van der Waals surface area contributed by atoms with Gasteiger partial charge in [0.1, 0.15) is 0 Å². The number of ether oxygens (including phenoxy) is 1. The minimum Gasteiger partial charge on any atom is -0.384 e. The molecule has 5 heteroatoms. The lowest BCUT2D eigenvalue weighted by Crippen LogP contribution is -2.40. The summed E-state index contributed by atoms with van der Waals surface area (Å²) >= 11 is 0. The molecular weight excluding hydrogens is 262 g/mol. The van der Waals surface area contributed by atoms with E-state index >= 15 is 0 Å². The van der Waals surface area contributed by atoms with Crippen LogP contribution in [0.2, 0.25) is 0 Å². The summed E-state index contributed by atoms with van der Waals surface area (Å²) in [5, 5.41) is 0. The van der Waals surface area contributed by atoms with Crippen LogP contribution in [-0.2, 0) is 21.2 Å². The van der Waals surface area contributed by atoms with Gasteiger partial charge in [-0.15, -0.1) is 0 Å². The quantitative estimate of drug-likeness (QED) is 0.788. The van der Waals surface area contributed by atoms with E-state index in [4.69, 9.17) is 4.74 Å². The van der Waals surface area contributed by atoms with Gasteiger partial charge < -0.3 is 4.74 Å². The summed E-state index contributed by atoms with van der Waals surface area (Å²) in [5.74, 6) is 0.513. The van der Waals surface area contributed by atoms with Gasteiger partial charge in [-0.05, 0) is 30.7 Å². The number of rotatable bonds is 8. The lowest BCUT2D eigenvalue weighted by Gasteiger charge is -2.18. The van der Waals surface area contributed by atoms with E-state index in [2.05, 4.69) is 4.72 Å². The lowest BCUT2D eigenvalue weighted by molar-refractivity contribution is 0.216. The van der Waals surface area contributed by atoms with Gasteiger partial charge in [-0.25, -0.2) is 13.1 Å². The zero-order valence-electron chi connectivity index (χ0n) is 11.2. The van der Waals surface area contributed by atoms with Gasteiger partial charge in [-0.1, -0.05) is 30.3 Å². The van der Waals surface area contributed by atoms with Crippen LogP contribution in [0, 0.1) is 5.92 Å². The molecule has 0 amide bonds. The van der Waals surface area contributed by atoms with Gasteiger partial charge in [0.15, 0.2) is 0 Å². The van der Waals surface area contributed by atoms with Gasteiger partial charge in [0.25, 0.3) is 0 Å². The van der Waals surface area contributed by atoms with Crippen molar-refractivity contribution in [3.05, 3.63) is 35.9 Å². The van der Waals surface area contributed by atoms with Gasteiger partial charge >= 0.3 is 0 Å². The van der Waals surface area contributed by atoms with Crippen molar-refractivity contribution in [2.75, 3.05) is 19.5 Å². The molecule has 1 aliphatic carbocycles. The predicted molar refractivity (Wildman–Crippen MR) is 75.5 cm³/mol. The Bertz CT molecular complexity index is 483. The Kier molecular flexibility index (Phi) is 4.96. The molecule has 1 aliphatic rings. The van der Waals surface area contributed by atoms with Crippen LogP contribution in [0.1, 0.15) is 18.4 Å². The third-order valence-electron chi connectivity index (χ3n) is 3.38. The number of sulfonamides is 1. The molecule has 1 N–H and O–H groups in total. The summed E-state index contributed by atoms with van der Waals surface area (Å²) in [6, 6.07) is 10.0. The third-order valence-corrected chi connectivity index (χ3v) is 4.74. The number of hydrogen-bond donors (Lipinski definition) is 1. The predicted octanol–water partition coefficient (Wildman–Crippen LogP) is 1.57. The van der Waals surface area contributed by atoms with E-state index in [9.17, 15) is 8.42 Å². The highest BCUT2D eigenvalue weighted by Gasteiger charge is 2.33. The Morgan fingerprint density at radius 2 is 2.00 bits per heavy atom. The molecule has 4 nitrogen and oxygen atoms in total. The highest BCUT2D eigenvalue weighted by Crippen LogP contribution is 2.34. The van der Waals surface area contributed by atoms with E-state index in [-0.39, 0.29) is 18.4 Å². The maximum Gasteiger partial charge on any atom is 0.214 e. The second-order valence-electron chi connectivity index (χ2n) is 5.06. The Balaban J connectivity index is 1.97. The molecule has 0 spiro atoms. The van der Waals surface area contributed by atoms with Gasteiger partial charge in [-0.3, -0.25) is 0 Å². The van der Waals surface area contributed by atoms with E-state index in [0.717, 1.165) is 19.3 Å². The zero-order valence-corrected chi connectivity index (χ0v) is 12.0. The molecule has 0 unspecified atom stereocenters. The van der Waals surface area contributed by atoms with Crippen LogP contribution < -0.4 is 4.72 Å². The second kappa shape index (κ2) is 6.50. The minimum atomic E-state index is -3.24. The molecule has 1 fully saturated rings. The van der Waals surface area contributed by atoms with E-state index in [0.29, 0.717) is 5.92 Å². The second-order valence-corrected chi connectivity index (χ2v) is 6.94. The van der Waals surface area contributed by atoms with E-state index in [1.165, 1.54) is 12.7 Å². The van der Waals surface area contributed by atoms with Crippen LogP contribution in [0.3, 0.4) is 0 Å². The van der Waals surface area contributed by atoms with Crippen LogP contribution in [-0.4, -0.2) is 33.9 Å². The lowest BCUT2D eigenvalue weighted by atomic mass is 10.0. The first-order chi connectivity index (χ1) is 9.11. The third kappa shape index (κ3) is 4.93. The standard InChI is InChI=1S/C14H21NO3S/c1-18-9-10-19(16,17)15-14(13-7-8-13)11-12-5-3-2-4-6-12/h2-6,13-15H,7-11H2,1H3/t14-/m0/s1. The Morgan fingerprint density at radius 3 is 2.58 bits per heavy atom. The smallest absolute Gasteiger partial charge is 0.214 e. The summed E-state index contributed by atoms with van der Waals surface area (Å²) in [4.78, 5) is 0. The molecule has 0 bridgehead atoms. The summed E-state index contributed by atoms with van der Waals surface area (Å²) in [5.41, 5.74) is 1.17. The molecule has 0 radical (unpaired) electrons. The van der Waals surface area contributed by atoms with Gasteiger partial charge in [0.05, 0.1) is 12.4 Å². The largest absolute Gasteiger partial charge is 0.384 e. The molecule has 0 aromatic heterocycles. The Labute approximate surface area is 115 Å². The molecule has 1 aromatic carbocycles. The van der Waals surface area contributed by atoms with E-state index in [1.54, 1.807) is 0 Å². The molecule has 19 heavy (non-hydrogen) atoms. The number of nitrogens with one attached hydrogen (secondary N) is 1. The first-order valence-electron chi connectivity index (χ1n) is 6.63. The molecule has 0 heterocycles. The highest BCUT2D eigenvalue weighted by atomic mass is 32.2. The molecule has 0 aliphatic heterocycles. The van der Waals surface area contributed by atoms with E-state index in [1.807, 2.05) is 30.3 Å². The number of methoxy groups -OCH3 is 1. The van der Waals surface area contributed by atoms with Crippen LogP contribution in [0.5, 0.6) is 0 Å². The van der Waals surface area contributed by atoms with Crippen molar-refractivity contribution in [1.29, 1.82) is 0 Å². The SMILES string of the molecule is COCCS(=O)(=O)N[C@@H](Cc1ccccc1)C1CC1. The van der Waals surface area contributed by atoms with Crippen molar-refractivity contribution in [3.63, 3.8) is 0 Å². The molecule has 1 atom stereocenters. The fourth-order valence-corrected chi connectivity index (χ4v) is 3.39. The minimum absolute atomic E-state index is 0.0178. The number of benzene rings is 1. The topological polar surface area (TPSA) is 55.4 Å². The van der Waals surface area contributed by atoms with Crippen molar-refractivity contribution >= 4 is 10.0 Å². The van der Waals surface area contributed by atoms with Crippen molar-refractivity contribution in [3.8, 4) is 0 Å². The van der Waals surface area contributed by atoms with Gasteiger partial charge in [-0.2, -0.15) is 0 Å². The first-order valence-corrected chi connectivity index (χ1v) is 8.29. The first kappa shape index (κ1) is 14.5. The van der Waals surface area contributed by atoms with Crippen molar-refractivity contribution < 1.29 is 13.2 Å². The zero-order chi connectivity index (χ0) is 13.7. The van der Waals surface area contributed by atoms with Gasteiger partial charge in [0.2, 0.25) is 10.0 Å². The molecule has 1 aromatic rings. The molecule has 0 saturated heterocycles. The van der Waals surface area contributed by atoms with Crippen molar-refractivity contribution in [2.24, 2.45) is 5.92 Å². The summed E-state index contributed by atoms with van der Waals surface area (Å²) < 4.78 is 31.5. The summed E-state index contributed by atoms with van der Waals surface area (Å²) in [7, 11) is -1.73. The van der Waals surface area contributed by atoms with Crippen LogP contribution in [0.25, 0.3) is 0 Å².